The third-order valence-corrected chi connectivity index (χ3v) is 4.36. The summed E-state index contributed by atoms with van der Waals surface area (Å²) in [4.78, 5) is 15.0. The average molecular weight is 294 g/mol. The molecule has 0 bridgehead atoms. The maximum atomic E-state index is 12.7. The van der Waals surface area contributed by atoms with Gasteiger partial charge in [-0.1, -0.05) is 18.2 Å². The van der Waals surface area contributed by atoms with Crippen molar-refractivity contribution in [2.75, 3.05) is 23.3 Å². The number of anilines is 2. The zero-order valence-electron chi connectivity index (χ0n) is 13.2. The first kappa shape index (κ1) is 14.6. The molecule has 22 heavy (non-hydrogen) atoms. The predicted octanol–water partition coefficient (Wildman–Crippen LogP) is 4.16. The molecule has 1 N–H and O–H groups in total. The largest absolute Gasteiger partial charge is 0.371 e. The minimum absolute atomic E-state index is 0.0363. The fraction of sp³-hybridized carbons (Fsp3) is 0.316. The summed E-state index contributed by atoms with van der Waals surface area (Å²) in [6.07, 6.45) is 2.40. The van der Waals surface area contributed by atoms with Gasteiger partial charge in [0.2, 0.25) is 0 Å². The number of carbonyl (C=O) groups excluding carboxylic acids is 1. The molecule has 3 heteroatoms. The van der Waals surface area contributed by atoms with E-state index in [-0.39, 0.29) is 5.91 Å². The topological polar surface area (TPSA) is 32.3 Å². The summed E-state index contributed by atoms with van der Waals surface area (Å²) in [5.74, 6) is -0.0363. The Morgan fingerprint density at radius 3 is 2.45 bits per heavy atom. The number of benzene rings is 2. The monoisotopic (exact) mass is 294 g/mol. The highest BCUT2D eigenvalue weighted by Gasteiger charge is 2.19. The summed E-state index contributed by atoms with van der Waals surface area (Å²) < 4.78 is 0. The van der Waals surface area contributed by atoms with E-state index in [2.05, 4.69) is 24.1 Å². The Kier molecular flexibility index (Phi) is 4.14. The molecule has 0 aromatic heterocycles. The van der Waals surface area contributed by atoms with E-state index in [1.54, 1.807) is 0 Å². The zero-order chi connectivity index (χ0) is 15.5. The molecule has 1 fully saturated rings. The molecule has 2 aromatic rings. The van der Waals surface area contributed by atoms with Crippen LogP contribution in [0.3, 0.4) is 0 Å². The molecule has 0 spiro atoms. The van der Waals surface area contributed by atoms with Crippen LogP contribution in [0, 0.1) is 13.8 Å². The Morgan fingerprint density at radius 2 is 1.73 bits per heavy atom. The smallest absolute Gasteiger partial charge is 0.257 e. The molecule has 1 saturated heterocycles. The molecule has 1 aliphatic heterocycles. The fourth-order valence-corrected chi connectivity index (χ4v) is 2.92. The molecule has 0 unspecified atom stereocenters. The Hall–Kier alpha value is -2.29. The van der Waals surface area contributed by atoms with Crippen LogP contribution >= 0.6 is 0 Å². The Bertz CT molecular complexity index is 688. The van der Waals surface area contributed by atoms with Gasteiger partial charge >= 0.3 is 0 Å². The van der Waals surface area contributed by atoms with Gasteiger partial charge in [0.05, 0.1) is 5.56 Å². The van der Waals surface area contributed by atoms with Crippen LogP contribution in [0.1, 0.15) is 34.3 Å². The lowest BCUT2D eigenvalue weighted by Gasteiger charge is -2.21. The molecular weight excluding hydrogens is 272 g/mol. The first-order valence-electron chi connectivity index (χ1n) is 7.88. The summed E-state index contributed by atoms with van der Waals surface area (Å²) in [5, 5.41) is 3.02. The number of nitrogens with zero attached hydrogens (tertiary/aromatic N) is 1. The third kappa shape index (κ3) is 2.98. The van der Waals surface area contributed by atoms with Gasteiger partial charge < -0.3 is 10.2 Å². The predicted molar refractivity (Wildman–Crippen MR) is 91.8 cm³/mol. The van der Waals surface area contributed by atoms with Crippen LogP contribution in [0.25, 0.3) is 0 Å². The minimum Gasteiger partial charge on any atom is -0.371 e. The Morgan fingerprint density at radius 1 is 1.00 bits per heavy atom. The van der Waals surface area contributed by atoms with Crippen molar-refractivity contribution in [2.24, 2.45) is 0 Å². The number of rotatable bonds is 3. The number of aryl methyl sites for hydroxylation is 2. The van der Waals surface area contributed by atoms with E-state index in [0.717, 1.165) is 30.0 Å². The van der Waals surface area contributed by atoms with Gasteiger partial charge in [-0.05, 0) is 62.1 Å². The minimum atomic E-state index is -0.0363. The van der Waals surface area contributed by atoms with Gasteiger partial charge in [0.15, 0.2) is 0 Å². The maximum absolute atomic E-state index is 12.7. The Balaban J connectivity index is 1.84. The van der Waals surface area contributed by atoms with Gasteiger partial charge in [-0.25, -0.2) is 0 Å². The van der Waals surface area contributed by atoms with Gasteiger partial charge in [0, 0.05) is 24.5 Å². The second-order valence-corrected chi connectivity index (χ2v) is 5.96. The van der Waals surface area contributed by atoms with Crippen molar-refractivity contribution < 1.29 is 4.79 Å². The summed E-state index contributed by atoms with van der Waals surface area (Å²) in [6, 6.07) is 13.9. The van der Waals surface area contributed by atoms with E-state index in [9.17, 15) is 4.79 Å². The number of nitrogens with one attached hydrogen (secondary N) is 1. The van der Waals surface area contributed by atoms with E-state index in [0.29, 0.717) is 0 Å². The normalized spacial score (nSPS) is 14.2. The molecule has 0 atom stereocenters. The SMILES string of the molecule is Cc1ccc(NC(=O)c2ccccc2N2CCCC2)cc1C. The highest BCUT2D eigenvalue weighted by atomic mass is 16.1. The standard InChI is InChI=1S/C19H22N2O/c1-14-9-10-16(13-15(14)2)20-19(22)17-7-3-4-8-18(17)21-11-5-6-12-21/h3-4,7-10,13H,5-6,11-12H2,1-2H3,(H,20,22). The lowest BCUT2D eigenvalue weighted by atomic mass is 10.1. The summed E-state index contributed by atoms with van der Waals surface area (Å²) >= 11 is 0. The molecule has 0 saturated carbocycles. The van der Waals surface area contributed by atoms with E-state index in [1.807, 2.05) is 42.5 Å². The molecule has 2 aromatic carbocycles. The van der Waals surface area contributed by atoms with Crippen LogP contribution in [-0.4, -0.2) is 19.0 Å². The number of hydrogen-bond acceptors (Lipinski definition) is 2. The lowest BCUT2D eigenvalue weighted by Crippen LogP contribution is -2.22. The lowest BCUT2D eigenvalue weighted by molar-refractivity contribution is 0.102. The van der Waals surface area contributed by atoms with E-state index in [1.165, 1.54) is 24.0 Å². The fourth-order valence-electron chi connectivity index (χ4n) is 2.92. The number of amides is 1. The van der Waals surface area contributed by atoms with Crippen molar-refractivity contribution in [2.45, 2.75) is 26.7 Å². The van der Waals surface area contributed by atoms with Crippen LogP contribution in [0.4, 0.5) is 11.4 Å². The zero-order valence-corrected chi connectivity index (χ0v) is 13.2. The van der Waals surface area contributed by atoms with Crippen LogP contribution < -0.4 is 10.2 Å². The molecule has 1 heterocycles. The van der Waals surface area contributed by atoms with E-state index < -0.39 is 0 Å². The molecule has 3 nitrogen and oxygen atoms in total. The van der Waals surface area contributed by atoms with Gasteiger partial charge in [0.1, 0.15) is 0 Å². The van der Waals surface area contributed by atoms with Crippen LogP contribution in [-0.2, 0) is 0 Å². The van der Waals surface area contributed by atoms with Gasteiger partial charge in [-0.15, -0.1) is 0 Å². The van der Waals surface area contributed by atoms with Crippen molar-refractivity contribution >= 4 is 17.3 Å². The second-order valence-electron chi connectivity index (χ2n) is 5.96. The van der Waals surface area contributed by atoms with Gasteiger partial charge in [-0.2, -0.15) is 0 Å². The van der Waals surface area contributed by atoms with Crippen LogP contribution in [0.2, 0.25) is 0 Å². The summed E-state index contributed by atoms with van der Waals surface area (Å²) in [6.45, 7) is 6.20. The molecule has 1 aliphatic rings. The number of para-hydroxylation sites is 1. The number of hydrogen-bond donors (Lipinski definition) is 1. The average Bonchev–Trinajstić information content (AvgIpc) is 3.05. The summed E-state index contributed by atoms with van der Waals surface area (Å²) in [5.41, 5.74) is 5.06. The first-order chi connectivity index (χ1) is 10.6. The van der Waals surface area contributed by atoms with Crippen molar-refractivity contribution in [3.63, 3.8) is 0 Å². The van der Waals surface area contributed by atoms with E-state index >= 15 is 0 Å². The molecule has 3 rings (SSSR count). The van der Waals surface area contributed by atoms with Crippen LogP contribution in [0.15, 0.2) is 42.5 Å². The Labute approximate surface area is 132 Å². The summed E-state index contributed by atoms with van der Waals surface area (Å²) in [7, 11) is 0. The molecule has 0 aliphatic carbocycles. The molecule has 114 valence electrons. The van der Waals surface area contributed by atoms with Crippen LogP contribution in [0.5, 0.6) is 0 Å². The van der Waals surface area contributed by atoms with Crippen molar-refractivity contribution in [1.29, 1.82) is 0 Å². The van der Waals surface area contributed by atoms with Gasteiger partial charge in [0.25, 0.3) is 5.91 Å². The highest BCUT2D eigenvalue weighted by Crippen LogP contribution is 2.25. The molecular formula is C19H22N2O. The maximum Gasteiger partial charge on any atom is 0.257 e. The van der Waals surface area contributed by atoms with Crippen molar-refractivity contribution in [3.8, 4) is 0 Å². The highest BCUT2D eigenvalue weighted by molar-refractivity contribution is 6.08. The second kappa shape index (κ2) is 6.22. The first-order valence-corrected chi connectivity index (χ1v) is 7.88. The van der Waals surface area contributed by atoms with Crippen molar-refractivity contribution in [3.05, 3.63) is 59.2 Å². The quantitative estimate of drug-likeness (QED) is 0.922. The van der Waals surface area contributed by atoms with Crippen molar-refractivity contribution in [1.82, 2.24) is 0 Å². The molecule has 0 radical (unpaired) electrons. The number of carbonyl (C=O) groups is 1. The van der Waals surface area contributed by atoms with Gasteiger partial charge in [-0.3, -0.25) is 4.79 Å². The molecule has 1 amide bonds. The van der Waals surface area contributed by atoms with E-state index in [4.69, 9.17) is 0 Å². The third-order valence-electron chi connectivity index (χ3n) is 4.36.